The molecule has 0 aliphatic carbocycles. The molecule has 1 aromatic carbocycles. The van der Waals surface area contributed by atoms with E-state index in [4.69, 9.17) is 4.74 Å². The van der Waals surface area contributed by atoms with Gasteiger partial charge in [0.25, 0.3) is 0 Å². The number of hydrogen-bond donors (Lipinski definition) is 1. The van der Waals surface area contributed by atoms with Crippen LogP contribution >= 0.6 is 0 Å². The molecule has 24 heavy (non-hydrogen) atoms. The molecule has 5 nitrogen and oxygen atoms in total. The van der Waals surface area contributed by atoms with Crippen molar-refractivity contribution in [1.29, 1.82) is 0 Å². The molecule has 1 aromatic rings. The number of likely N-dealkylation sites (tertiary alicyclic amines) is 1. The molecule has 1 amide bonds. The third-order valence-electron chi connectivity index (χ3n) is 4.25. The molecule has 1 saturated heterocycles. The van der Waals surface area contributed by atoms with Crippen molar-refractivity contribution in [1.82, 2.24) is 10.2 Å². The highest BCUT2D eigenvalue weighted by molar-refractivity contribution is 5.91. The molecular formula is C18H25FN2O3. The molecule has 1 fully saturated rings. The summed E-state index contributed by atoms with van der Waals surface area (Å²) in [5, 5.41) is 3.06. The lowest BCUT2D eigenvalue weighted by molar-refractivity contribution is -0.125. The van der Waals surface area contributed by atoms with E-state index in [0.717, 1.165) is 31.5 Å². The summed E-state index contributed by atoms with van der Waals surface area (Å²) in [4.78, 5) is 25.9. The summed E-state index contributed by atoms with van der Waals surface area (Å²) in [5.41, 5.74) is 0.991. The van der Waals surface area contributed by atoms with Crippen LogP contribution in [0.1, 0.15) is 42.6 Å². The third kappa shape index (κ3) is 4.77. The molecule has 6 heteroatoms. The number of benzene rings is 1. The molecule has 132 valence electrons. The smallest absolute Gasteiger partial charge is 0.338 e. The van der Waals surface area contributed by atoms with Crippen LogP contribution in [0.3, 0.4) is 0 Å². The third-order valence-corrected chi connectivity index (χ3v) is 4.25. The van der Waals surface area contributed by atoms with Gasteiger partial charge in [0, 0.05) is 25.0 Å². The number of ether oxygens (including phenoxy) is 1. The van der Waals surface area contributed by atoms with E-state index in [1.165, 1.54) is 19.2 Å². The topological polar surface area (TPSA) is 58.6 Å². The molecule has 1 aliphatic rings. The second-order valence-electron chi connectivity index (χ2n) is 6.53. The maximum atomic E-state index is 13.4. The highest BCUT2D eigenvalue weighted by atomic mass is 19.1. The number of nitrogens with zero attached hydrogens (tertiary/aromatic N) is 1. The van der Waals surface area contributed by atoms with Gasteiger partial charge in [-0.1, -0.05) is 19.9 Å². The number of amides is 1. The Morgan fingerprint density at radius 3 is 2.83 bits per heavy atom. The van der Waals surface area contributed by atoms with Crippen LogP contribution in [0.5, 0.6) is 0 Å². The van der Waals surface area contributed by atoms with Crippen LogP contribution in [0.25, 0.3) is 0 Å². The minimum absolute atomic E-state index is 0.0385. The second-order valence-corrected chi connectivity index (χ2v) is 6.53. The molecule has 1 heterocycles. The monoisotopic (exact) mass is 336 g/mol. The zero-order valence-corrected chi connectivity index (χ0v) is 14.5. The van der Waals surface area contributed by atoms with Crippen molar-refractivity contribution in [3.05, 3.63) is 35.1 Å². The average molecular weight is 336 g/mol. The van der Waals surface area contributed by atoms with Crippen LogP contribution in [0.2, 0.25) is 0 Å². The predicted molar refractivity (Wildman–Crippen MR) is 89.0 cm³/mol. The van der Waals surface area contributed by atoms with E-state index in [1.54, 1.807) is 6.07 Å². The van der Waals surface area contributed by atoms with Crippen molar-refractivity contribution in [3.8, 4) is 0 Å². The summed E-state index contributed by atoms with van der Waals surface area (Å²) >= 11 is 0. The van der Waals surface area contributed by atoms with Gasteiger partial charge < -0.3 is 10.1 Å². The van der Waals surface area contributed by atoms with Gasteiger partial charge in [0.1, 0.15) is 5.82 Å². The number of nitrogens with one attached hydrogen (secondary N) is 1. The Kier molecular flexibility index (Phi) is 6.31. The number of hydrogen-bond acceptors (Lipinski definition) is 4. The summed E-state index contributed by atoms with van der Waals surface area (Å²) in [6, 6.07) is 4.29. The van der Waals surface area contributed by atoms with Gasteiger partial charge in [0.05, 0.1) is 12.7 Å². The van der Waals surface area contributed by atoms with Gasteiger partial charge in [-0.05, 0) is 37.1 Å². The number of piperidine rings is 1. The lowest BCUT2D eigenvalue weighted by Crippen LogP contribution is -2.48. The van der Waals surface area contributed by atoms with Crippen LogP contribution in [0.4, 0.5) is 4.39 Å². The lowest BCUT2D eigenvalue weighted by Gasteiger charge is -2.33. The van der Waals surface area contributed by atoms with E-state index in [-0.39, 0.29) is 23.4 Å². The van der Waals surface area contributed by atoms with E-state index in [9.17, 15) is 14.0 Å². The van der Waals surface area contributed by atoms with Crippen molar-refractivity contribution in [2.75, 3.05) is 20.2 Å². The van der Waals surface area contributed by atoms with E-state index in [0.29, 0.717) is 6.54 Å². The maximum Gasteiger partial charge on any atom is 0.338 e. The van der Waals surface area contributed by atoms with E-state index >= 15 is 0 Å². The first kappa shape index (κ1) is 18.4. The summed E-state index contributed by atoms with van der Waals surface area (Å²) < 4.78 is 18.2. The SMILES string of the molecule is COC(=O)c1cc(F)ccc1CN1CCC[C@H](NC(=O)C(C)C)C1. The molecule has 0 bridgehead atoms. The molecule has 0 saturated carbocycles. The van der Waals surface area contributed by atoms with Gasteiger partial charge in [-0.3, -0.25) is 9.69 Å². The molecule has 0 radical (unpaired) electrons. The van der Waals surface area contributed by atoms with Crippen molar-refractivity contribution in [2.45, 2.75) is 39.3 Å². The zero-order chi connectivity index (χ0) is 17.7. The summed E-state index contributed by atoms with van der Waals surface area (Å²) in [6.07, 6.45) is 1.92. The Hall–Kier alpha value is -1.95. The molecule has 0 aromatic heterocycles. The van der Waals surface area contributed by atoms with Crippen molar-refractivity contribution < 1.29 is 18.7 Å². The Morgan fingerprint density at radius 1 is 1.42 bits per heavy atom. The summed E-state index contributed by atoms with van der Waals surface area (Å²) in [6.45, 7) is 5.87. The quantitative estimate of drug-likeness (QED) is 0.839. The fourth-order valence-corrected chi connectivity index (χ4v) is 2.91. The molecule has 1 atom stereocenters. The first-order chi connectivity index (χ1) is 11.4. The average Bonchev–Trinajstić information content (AvgIpc) is 2.56. The van der Waals surface area contributed by atoms with Gasteiger partial charge in [0.15, 0.2) is 0 Å². The van der Waals surface area contributed by atoms with Crippen molar-refractivity contribution in [3.63, 3.8) is 0 Å². The van der Waals surface area contributed by atoms with Gasteiger partial charge >= 0.3 is 5.97 Å². The summed E-state index contributed by atoms with van der Waals surface area (Å²) in [7, 11) is 1.29. The standard InChI is InChI=1S/C18H25FN2O3/c1-12(2)17(22)20-15-5-4-8-21(11-15)10-13-6-7-14(19)9-16(13)18(23)24-3/h6-7,9,12,15H,4-5,8,10-11H2,1-3H3,(H,20,22)/t15-/m0/s1. The predicted octanol–water partition coefficient (Wildman–Crippen LogP) is 2.35. The molecule has 0 unspecified atom stereocenters. The van der Waals surface area contributed by atoms with Crippen LogP contribution in [-0.2, 0) is 16.1 Å². The lowest BCUT2D eigenvalue weighted by atomic mass is 10.0. The Labute approximate surface area is 142 Å². The number of carbonyl (C=O) groups is 2. The van der Waals surface area contributed by atoms with Crippen LogP contribution in [0, 0.1) is 11.7 Å². The fourth-order valence-electron chi connectivity index (χ4n) is 2.91. The number of halogens is 1. The highest BCUT2D eigenvalue weighted by Crippen LogP contribution is 2.18. The Bertz CT molecular complexity index is 604. The van der Waals surface area contributed by atoms with Crippen LogP contribution in [0.15, 0.2) is 18.2 Å². The number of methoxy groups -OCH3 is 1. The highest BCUT2D eigenvalue weighted by Gasteiger charge is 2.24. The van der Waals surface area contributed by atoms with Gasteiger partial charge in [0.2, 0.25) is 5.91 Å². The Balaban J connectivity index is 2.05. The number of rotatable bonds is 5. The van der Waals surface area contributed by atoms with Crippen molar-refractivity contribution in [2.24, 2.45) is 5.92 Å². The second kappa shape index (κ2) is 8.24. The molecule has 1 aliphatic heterocycles. The number of carbonyl (C=O) groups excluding carboxylic acids is 2. The van der Waals surface area contributed by atoms with Crippen molar-refractivity contribution >= 4 is 11.9 Å². The minimum atomic E-state index is -0.536. The Morgan fingerprint density at radius 2 is 2.17 bits per heavy atom. The fraction of sp³-hybridized carbons (Fsp3) is 0.556. The molecule has 1 N–H and O–H groups in total. The van der Waals surface area contributed by atoms with E-state index < -0.39 is 11.8 Å². The first-order valence-corrected chi connectivity index (χ1v) is 8.30. The minimum Gasteiger partial charge on any atom is -0.465 e. The molecule has 0 spiro atoms. The van der Waals surface area contributed by atoms with Gasteiger partial charge in [-0.15, -0.1) is 0 Å². The van der Waals surface area contributed by atoms with E-state index in [2.05, 4.69) is 10.2 Å². The molecule has 2 rings (SSSR count). The first-order valence-electron chi connectivity index (χ1n) is 8.30. The van der Waals surface area contributed by atoms with E-state index in [1.807, 2.05) is 13.8 Å². The van der Waals surface area contributed by atoms with Crippen LogP contribution < -0.4 is 5.32 Å². The maximum absolute atomic E-state index is 13.4. The number of esters is 1. The molecular weight excluding hydrogens is 311 g/mol. The van der Waals surface area contributed by atoms with Gasteiger partial charge in [-0.2, -0.15) is 0 Å². The normalized spacial score (nSPS) is 18.5. The largest absolute Gasteiger partial charge is 0.465 e. The summed E-state index contributed by atoms with van der Waals surface area (Å²) in [5.74, 6) is -0.978. The van der Waals surface area contributed by atoms with Gasteiger partial charge in [-0.25, -0.2) is 9.18 Å². The van der Waals surface area contributed by atoms with Crippen LogP contribution in [-0.4, -0.2) is 43.0 Å². The zero-order valence-electron chi connectivity index (χ0n) is 14.5.